The van der Waals surface area contributed by atoms with Gasteiger partial charge in [0.25, 0.3) is 0 Å². The second-order valence-electron chi connectivity index (χ2n) is 22.6. The number of carbonyl (C=O) groups excluding carboxylic acids is 14. The van der Waals surface area contributed by atoms with E-state index in [1.54, 1.807) is 44.2 Å². The molecular weight excluding hydrogens is 1300 g/mol. The number of rotatable bonds is 43. The molecule has 0 unspecified atom stereocenters. The number of benzene rings is 1. The van der Waals surface area contributed by atoms with Gasteiger partial charge in [-0.2, -0.15) is 0 Å². The molecule has 1 aromatic carbocycles. The van der Waals surface area contributed by atoms with Crippen LogP contribution in [0.25, 0.3) is 0 Å². The number of amides is 14. The van der Waals surface area contributed by atoms with E-state index in [-0.39, 0.29) is 44.7 Å². The van der Waals surface area contributed by atoms with Crippen molar-refractivity contribution < 1.29 is 112 Å². The van der Waals surface area contributed by atoms with Crippen LogP contribution in [0.3, 0.4) is 0 Å². The first-order valence-corrected chi connectivity index (χ1v) is 30.7. The molecule has 0 spiro atoms. The number of carboxylic acid groups (broad SMARTS) is 2. The number of carboxylic acids is 2. The molecule has 41 heteroatoms. The van der Waals surface area contributed by atoms with Gasteiger partial charge in [-0.15, -0.1) is 0 Å². The topological polar surface area (TPSA) is 676 Å². The van der Waals surface area contributed by atoms with Crippen molar-refractivity contribution in [1.29, 1.82) is 5.41 Å². The van der Waals surface area contributed by atoms with Crippen LogP contribution in [0.4, 0.5) is 0 Å². The van der Waals surface area contributed by atoms with Crippen LogP contribution < -0.4 is 86.3 Å². The van der Waals surface area contributed by atoms with E-state index in [0.29, 0.717) is 18.4 Å². The van der Waals surface area contributed by atoms with Gasteiger partial charge < -0.3 is 127 Å². The van der Waals surface area contributed by atoms with E-state index >= 15 is 0 Å². The summed E-state index contributed by atoms with van der Waals surface area (Å²) in [6, 6.07) is -10.3. The zero-order chi connectivity index (χ0) is 74.1. The third kappa shape index (κ3) is 29.0. The molecular formula is C57H90N18O23. The number of guanidine groups is 1. The zero-order valence-electron chi connectivity index (χ0n) is 54.1. The average Bonchev–Trinajstić information content (AvgIpc) is 1.47. The first-order valence-electron chi connectivity index (χ1n) is 30.7. The highest BCUT2D eigenvalue weighted by molar-refractivity contribution is 6.00. The minimum Gasteiger partial charge on any atom is -0.481 e. The summed E-state index contributed by atoms with van der Waals surface area (Å²) in [5, 5.41) is 106. The molecule has 0 aromatic heterocycles. The molecule has 41 nitrogen and oxygen atoms in total. The van der Waals surface area contributed by atoms with Gasteiger partial charge in [0.15, 0.2) is 5.96 Å². The lowest BCUT2D eigenvalue weighted by Gasteiger charge is -2.29. The molecule has 0 saturated carbocycles. The second-order valence-corrected chi connectivity index (χ2v) is 22.6. The van der Waals surface area contributed by atoms with E-state index in [1.165, 1.54) is 6.92 Å². The Morgan fingerprint density at radius 3 is 1.59 bits per heavy atom. The van der Waals surface area contributed by atoms with Crippen molar-refractivity contribution >= 4 is 101 Å². The highest BCUT2D eigenvalue weighted by Crippen LogP contribution is 2.18. The lowest BCUT2D eigenvalue weighted by atomic mass is 9.96. The van der Waals surface area contributed by atoms with Crippen LogP contribution in [0.2, 0.25) is 0 Å². The fraction of sp³-hybridized carbons (Fsp3) is 0.596. The van der Waals surface area contributed by atoms with E-state index in [0.717, 1.165) is 11.8 Å². The molecule has 14 atom stereocenters. The average molecular weight is 1400 g/mol. The highest BCUT2D eigenvalue weighted by atomic mass is 16.4. The van der Waals surface area contributed by atoms with Gasteiger partial charge in [-0.25, -0.2) is 4.79 Å². The van der Waals surface area contributed by atoms with Crippen molar-refractivity contribution in [3.8, 4) is 0 Å². The Bertz CT molecular complexity index is 3000. The summed E-state index contributed by atoms with van der Waals surface area (Å²) in [5.41, 5.74) is 16.8. The largest absolute Gasteiger partial charge is 0.481 e. The van der Waals surface area contributed by atoms with Gasteiger partial charge in [0, 0.05) is 19.5 Å². The number of aliphatic hydroxyl groups is 5. The van der Waals surface area contributed by atoms with Crippen LogP contribution >= 0.6 is 0 Å². The molecule has 98 heavy (non-hydrogen) atoms. The van der Waals surface area contributed by atoms with Gasteiger partial charge in [0.05, 0.1) is 70.5 Å². The van der Waals surface area contributed by atoms with Crippen LogP contribution in [-0.2, 0) is 83.1 Å². The number of hydrogen-bond donors (Lipinski definition) is 24. The monoisotopic (exact) mass is 1390 g/mol. The maximum absolute atomic E-state index is 13.9. The number of carbonyl (C=O) groups is 16. The molecule has 27 N–H and O–H groups in total. The molecule has 0 bridgehead atoms. The molecule has 1 aliphatic rings. The smallest absolute Gasteiger partial charge is 0.326 e. The lowest BCUT2D eigenvalue weighted by Crippen LogP contribution is -2.61. The second kappa shape index (κ2) is 42.4. The van der Waals surface area contributed by atoms with Crippen LogP contribution in [0.5, 0.6) is 0 Å². The summed E-state index contributed by atoms with van der Waals surface area (Å²) in [6.45, 7) is -0.335. The molecule has 0 radical (unpaired) electrons. The molecule has 0 aliphatic carbocycles. The fourth-order valence-electron chi connectivity index (χ4n) is 9.21. The number of aliphatic carboxylic acids is 2. The molecule has 1 saturated heterocycles. The Kier molecular flexibility index (Phi) is 36.2. The van der Waals surface area contributed by atoms with Gasteiger partial charge in [0.2, 0.25) is 82.7 Å². The van der Waals surface area contributed by atoms with Gasteiger partial charge >= 0.3 is 11.9 Å². The van der Waals surface area contributed by atoms with Crippen molar-refractivity contribution in [3.05, 3.63) is 35.9 Å². The summed E-state index contributed by atoms with van der Waals surface area (Å²) in [4.78, 5) is 208. The summed E-state index contributed by atoms with van der Waals surface area (Å²) in [6.07, 6.45) is -4.52. The van der Waals surface area contributed by atoms with Gasteiger partial charge in [-0.05, 0) is 51.0 Å². The van der Waals surface area contributed by atoms with E-state index < -0.39 is 232 Å². The molecule has 1 heterocycles. The quantitative estimate of drug-likeness (QED) is 0.0164. The maximum Gasteiger partial charge on any atom is 0.326 e. The minimum absolute atomic E-state index is 0.0192. The Morgan fingerprint density at radius 1 is 0.551 bits per heavy atom. The normalized spacial score (nSPS) is 16.5. The predicted octanol–water partition coefficient (Wildman–Crippen LogP) is -12.3. The molecule has 1 aliphatic heterocycles. The van der Waals surface area contributed by atoms with Crippen molar-refractivity contribution in [3.63, 3.8) is 0 Å². The highest BCUT2D eigenvalue weighted by Gasteiger charge is 2.39. The summed E-state index contributed by atoms with van der Waals surface area (Å²) in [7, 11) is 0. The number of likely N-dealkylation sites (tertiary alicyclic amines) is 1. The summed E-state index contributed by atoms with van der Waals surface area (Å²) >= 11 is 0. The SMILES string of the molecule is CC[C@H](C)[C@H](NC(=O)[C@@H](N)CCCNC(=N)N)C(=O)N[C@H](C(=O)N[C@@H](Cc1ccccc1)C(=O)NCC(=O)NCC(=O)N1CCC[C@H]1C(=O)N[C@@H](CO)C(=O)N[C@@H](CC(=O)O)C(=O)N[C@@H](CO)C(=O)N[C@H](C(=O)NCC(=O)N[C@@H](CO)C(=O)N[C@@H](CC(N)=O)C(=O)O)[C@@H](C)O)[C@@H](C)O. The zero-order valence-corrected chi connectivity index (χ0v) is 54.1. The van der Waals surface area contributed by atoms with Crippen LogP contribution in [0.1, 0.15) is 78.2 Å². The number of nitrogens with zero attached hydrogens (tertiary/aromatic N) is 1. The van der Waals surface area contributed by atoms with Crippen molar-refractivity contribution in [1.82, 2.24) is 74.0 Å². The Morgan fingerprint density at radius 2 is 1.04 bits per heavy atom. The van der Waals surface area contributed by atoms with Crippen molar-refractivity contribution in [2.75, 3.05) is 52.5 Å². The molecule has 2 rings (SSSR count). The molecule has 14 amide bonds. The lowest BCUT2D eigenvalue weighted by molar-refractivity contribution is -0.144. The third-order valence-corrected chi connectivity index (χ3v) is 14.8. The fourth-order valence-corrected chi connectivity index (χ4v) is 9.21. The van der Waals surface area contributed by atoms with E-state index in [4.69, 9.17) is 22.6 Å². The van der Waals surface area contributed by atoms with Crippen LogP contribution in [0, 0.1) is 11.3 Å². The summed E-state index contributed by atoms with van der Waals surface area (Å²) in [5.74, 6) is -19.6. The Balaban J connectivity index is 2.10. The number of hydrogen-bond acceptors (Lipinski definition) is 23. The maximum atomic E-state index is 13.9. The van der Waals surface area contributed by atoms with Crippen LogP contribution in [0.15, 0.2) is 30.3 Å². The molecule has 1 aromatic rings. The Labute approximate surface area is 560 Å². The summed E-state index contributed by atoms with van der Waals surface area (Å²) < 4.78 is 0. The molecule has 546 valence electrons. The number of aliphatic hydroxyl groups excluding tert-OH is 5. The minimum atomic E-state index is -2.12. The van der Waals surface area contributed by atoms with Crippen LogP contribution in [-0.4, -0.2) is 272 Å². The number of nitrogens with one attached hydrogen (secondary N) is 14. The first-order chi connectivity index (χ1) is 46.1. The Hall–Kier alpha value is -10.2. The standard InChI is InChI=1S/C57H90N18O23/c1-5-26(2)43(72-46(87)30(58)13-9-15-62-57(60)61)54(95)74-45(28(4)80)55(96)68-31(17-29-11-7-6-8-12-29)47(88)64-20-39(82)63-22-41(84)75-16-10-14-37(75)52(93)71-35(24-77)50(91)67-32(19-42(85)86)48(89)70-36(25-78)51(92)73-44(27(3)79)53(94)65-21-40(83)66-34(23-76)49(90)69-33(56(97)98)18-38(59)81/h6-8,11-12,26-28,30-37,43-45,76-80H,5,9-10,13-25,58H2,1-4H3,(H2,59,81)(H,63,82)(H,64,88)(H,65,94)(H,66,83)(H,67,91)(H,68,96)(H,69,90)(H,70,89)(H,71,93)(H,72,87)(H,73,92)(H,74,95)(H,85,86)(H,97,98)(H4,60,61,62)/t26-,27+,28+,30-,31-,32-,33-,34-,35-,36-,37-,43-,44-,45-/m0/s1. The number of nitrogens with two attached hydrogens (primary N) is 3. The third-order valence-electron chi connectivity index (χ3n) is 14.8. The van der Waals surface area contributed by atoms with E-state index in [2.05, 4.69) is 37.2 Å². The van der Waals surface area contributed by atoms with Gasteiger partial charge in [0.1, 0.15) is 60.4 Å². The first kappa shape index (κ1) is 83.9. The van der Waals surface area contributed by atoms with Gasteiger partial charge in [-0.3, -0.25) is 77.3 Å². The van der Waals surface area contributed by atoms with Crippen molar-refractivity contribution in [2.45, 2.75) is 158 Å². The number of primary amides is 1. The predicted molar refractivity (Wildman–Crippen MR) is 336 cm³/mol. The van der Waals surface area contributed by atoms with E-state index in [9.17, 15) is 112 Å². The van der Waals surface area contributed by atoms with E-state index in [1.807, 2.05) is 31.9 Å². The van der Waals surface area contributed by atoms with Gasteiger partial charge in [-0.1, -0.05) is 50.6 Å². The van der Waals surface area contributed by atoms with Crippen molar-refractivity contribution in [2.24, 2.45) is 23.1 Å². The molecule has 1 fully saturated rings.